The zero-order chi connectivity index (χ0) is 18.9. The van der Waals surface area contributed by atoms with Crippen LogP contribution in [-0.4, -0.2) is 42.5 Å². The molecule has 2 rings (SSSR count). The molecule has 1 aromatic rings. The van der Waals surface area contributed by atoms with Crippen molar-refractivity contribution in [1.29, 1.82) is 0 Å². The molecule has 1 aromatic heterocycles. The van der Waals surface area contributed by atoms with Gasteiger partial charge in [0.2, 0.25) is 0 Å². The molecule has 3 N–H and O–H groups in total. The van der Waals surface area contributed by atoms with Gasteiger partial charge in [-0.1, -0.05) is 12.8 Å². The molecular weight excluding hydrogens is 342 g/mol. The Morgan fingerprint density at radius 3 is 2.65 bits per heavy atom. The lowest BCUT2D eigenvalue weighted by Gasteiger charge is -2.15. The van der Waals surface area contributed by atoms with Crippen molar-refractivity contribution >= 4 is 23.8 Å². The number of nitrogens with one attached hydrogen (secondary N) is 3. The Bertz CT molecular complexity index is 637. The molecular formula is C17H23N3O6. The van der Waals surface area contributed by atoms with E-state index in [1.807, 2.05) is 0 Å². The maximum Gasteiger partial charge on any atom is 0.321 e. The fourth-order valence-electron chi connectivity index (χ4n) is 2.59. The van der Waals surface area contributed by atoms with Gasteiger partial charge < -0.3 is 19.8 Å². The van der Waals surface area contributed by atoms with E-state index in [1.54, 1.807) is 6.07 Å². The first-order chi connectivity index (χ1) is 12.5. The van der Waals surface area contributed by atoms with Crippen LogP contribution in [0.4, 0.5) is 4.79 Å². The molecule has 0 saturated heterocycles. The van der Waals surface area contributed by atoms with Gasteiger partial charge in [-0.25, -0.2) is 4.79 Å². The molecule has 1 heterocycles. The Labute approximate surface area is 150 Å². The second-order valence-electron chi connectivity index (χ2n) is 6.06. The van der Waals surface area contributed by atoms with Crippen LogP contribution in [0.15, 0.2) is 22.8 Å². The van der Waals surface area contributed by atoms with Crippen molar-refractivity contribution in [2.45, 2.75) is 51.2 Å². The van der Waals surface area contributed by atoms with Gasteiger partial charge in [-0.15, -0.1) is 0 Å². The number of carbonyl (C=O) groups excluding carboxylic acids is 4. The first kappa shape index (κ1) is 19.5. The molecule has 0 spiro atoms. The van der Waals surface area contributed by atoms with Crippen LogP contribution in [0.2, 0.25) is 0 Å². The van der Waals surface area contributed by atoms with Crippen molar-refractivity contribution in [2.75, 3.05) is 6.54 Å². The summed E-state index contributed by atoms with van der Waals surface area (Å²) >= 11 is 0. The highest BCUT2D eigenvalue weighted by Gasteiger charge is 2.22. The first-order valence-corrected chi connectivity index (χ1v) is 8.58. The normalized spacial score (nSPS) is 15.1. The zero-order valence-corrected chi connectivity index (χ0v) is 14.6. The van der Waals surface area contributed by atoms with Crippen LogP contribution in [-0.2, 0) is 14.3 Å². The number of carbonyl (C=O) groups is 4. The van der Waals surface area contributed by atoms with E-state index in [-0.39, 0.29) is 24.8 Å². The lowest BCUT2D eigenvalue weighted by molar-refractivity contribution is -0.154. The summed E-state index contributed by atoms with van der Waals surface area (Å²) in [5.74, 6) is -1.67. The largest absolute Gasteiger partial charge is 0.459 e. The van der Waals surface area contributed by atoms with E-state index in [2.05, 4.69) is 16.0 Å². The number of amides is 4. The predicted octanol–water partition coefficient (Wildman–Crippen LogP) is 1.10. The second-order valence-corrected chi connectivity index (χ2v) is 6.06. The van der Waals surface area contributed by atoms with Crippen molar-refractivity contribution in [2.24, 2.45) is 0 Å². The molecule has 4 amide bonds. The van der Waals surface area contributed by atoms with E-state index in [9.17, 15) is 19.2 Å². The number of esters is 1. The standard InChI is InChI=1S/C17H23N3O6/c1-11(15(22)20-17(24)19-12-5-2-3-6-12)26-14(21)8-9-18-16(23)13-7-4-10-25-13/h4,7,10-12H,2-3,5-6,8-9H2,1H3,(H,18,23)(H2,19,20,22,24). The van der Waals surface area contributed by atoms with Gasteiger partial charge in [-0.05, 0) is 31.9 Å². The van der Waals surface area contributed by atoms with E-state index in [0.717, 1.165) is 25.7 Å². The molecule has 1 atom stereocenters. The number of ether oxygens (including phenoxy) is 1. The van der Waals surface area contributed by atoms with Crippen molar-refractivity contribution in [3.8, 4) is 0 Å². The molecule has 0 radical (unpaired) electrons. The zero-order valence-electron chi connectivity index (χ0n) is 14.6. The maximum absolute atomic E-state index is 11.9. The van der Waals surface area contributed by atoms with Gasteiger partial charge in [0.25, 0.3) is 11.8 Å². The number of urea groups is 1. The summed E-state index contributed by atoms with van der Waals surface area (Å²) in [6.45, 7) is 1.41. The average Bonchev–Trinajstić information content (AvgIpc) is 3.28. The molecule has 0 bridgehead atoms. The van der Waals surface area contributed by atoms with E-state index in [4.69, 9.17) is 9.15 Å². The van der Waals surface area contributed by atoms with Crippen molar-refractivity contribution in [3.05, 3.63) is 24.2 Å². The Morgan fingerprint density at radius 2 is 2.00 bits per heavy atom. The Balaban J connectivity index is 1.63. The third-order valence-electron chi connectivity index (χ3n) is 3.96. The smallest absolute Gasteiger partial charge is 0.321 e. The van der Waals surface area contributed by atoms with Crippen LogP contribution in [0, 0.1) is 0 Å². The van der Waals surface area contributed by atoms with E-state index in [0.29, 0.717) is 0 Å². The molecule has 9 nitrogen and oxygen atoms in total. The van der Waals surface area contributed by atoms with Crippen molar-refractivity contribution in [3.63, 3.8) is 0 Å². The molecule has 1 fully saturated rings. The Kier molecular flexibility index (Phi) is 7.19. The van der Waals surface area contributed by atoms with Crippen LogP contribution in [0.3, 0.4) is 0 Å². The van der Waals surface area contributed by atoms with Gasteiger partial charge >= 0.3 is 12.0 Å². The highest BCUT2D eigenvalue weighted by atomic mass is 16.5. The quantitative estimate of drug-likeness (QED) is 0.621. The fourth-order valence-corrected chi connectivity index (χ4v) is 2.59. The third kappa shape index (κ3) is 6.23. The SMILES string of the molecule is CC(OC(=O)CCNC(=O)c1ccco1)C(=O)NC(=O)NC1CCCC1. The highest BCUT2D eigenvalue weighted by Crippen LogP contribution is 2.17. The van der Waals surface area contributed by atoms with Crippen molar-refractivity contribution in [1.82, 2.24) is 16.0 Å². The van der Waals surface area contributed by atoms with Crippen LogP contribution in [0.25, 0.3) is 0 Å². The summed E-state index contributed by atoms with van der Waals surface area (Å²) in [6, 6.07) is 2.57. The van der Waals surface area contributed by atoms with Gasteiger partial charge in [0, 0.05) is 12.6 Å². The lowest BCUT2D eigenvalue weighted by Crippen LogP contribution is -2.47. The minimum absolute atomic E-state index is 0.0366. The first-order valence-electron chi connectivity index (χ1n) is 8.58. The second kappa shape index (κ2) is 9.59. The predicted molar refractivity (Wildman–Crippen MR) is 90.1 cm³/mol. The monoisotopic (exact) mass is 365 g/mol. The van der Waals surface area contributed by atoms with Gasteiger partial charge in [0.1, 0.15) is 0 Å². The summed E-state index contributed by atoms with van der Waals surface area (Å²) in [6.07, 6.45) is 4.06. The average molecular weight is 365 g/mol. The number of imide groups is 1. The summed E-state index contributed by atoms with van der Waals surface area (Å²) in [5, 5.41) is 7.36. The number of hydrogen-bond acceptors (Lipinski definition) is 6. The molecule has 1 aliphatic rings. The highest BCUT2D eigenvalue weighted by molar-refractivity contribution is 5.97. The summed E-state index contributed by atoms with van der Waals surface area (Å²) in [7, 11) is 0. The number of hydrogen-bond donors (Lipinski definition) is 3. The van der Waals surface area contributed by atoms with Gasteiger partial charge in [0.15, 0.2) is 11.9 Å². The van der Waals surface area contributed by atoms with Gasteiger partial charge in [-0.2, -0.15) is 0 Å². The van der Waals surface area contributed by atoms with Crippen LogP contribution in [0.5, 0.6) is 0 Å². The minimum Gasteiger partial charge on any atom is -0.459 e. The van der Waals surface area contributed by atoms with Gasteiger partial charge in [-0.3, -0.25) is 19.7 Å². The molecule has 1 unspecified atom stereocenters. The van der Waals surface area contributed by atoms with E-state index in [1.165, 1.54) is 19.3 Å². The molecule has 1 aliphatic carbocycles. The van der Waals surface area contributed by atoms with E-state index < -0.39 is 29.9 Å². The number of rotatable bonds is 7. The van der Waals surface area contributed by atoms with Gasteiger partial charge in [0.05, 0.1) is 12.7 Å². The Morgan fingerprint density at radius 1 is 1.27 bits per heavy atom. The fraction of sp³-hybridized carbons (Fsp3) is 0.529. The Hall–Kier alpha value is -2.84. The topological polar surface area (TPSA) is 127 Å². The summed E-state index contributed by atoms with van der Waals surface area (Å²) in [4.78, 5) is 46.9. The third-order valence-corrected chi connectivity index (χ3v) is 3.96. The lowest BCUT2D eigenvalue weighted by atomic mass is 10.2. The molecule has 142 valence electrons. The van der Waals surface area contributed by atoms with Crippen LogP contribution < -0.4 is 16.0 Å². The van der Waals surface area contributed by atoms with Crippen LogP contribution in [0.1, 0.15) is 49.6 Å². The molecule has 1 saturated carbocycles. The summed E-state index contributed by atoms with van der Waals surface area (Å²) in [5.41, 5.74) is 0. The van der Waals surface area contributed by atoms with Crippen molar-refractivity contribution < 1.29 is 28.3 Å². The molecule has 26 heavy (non-hydrogen) atoms. The van der Waals surface area contributed by atoms with E-state index >= 15 is 0 Å². The number of furan rings is 1. The summed E-state index contributed by atoms with van der Waals surface area (Å²) < 4.78 is 9.86. The molecule has 0 aliphatic heterocycles. The molecule has 9 heteroatoms. The maximum atomic E-state index is 11.9. The molecule has 0 aromatic carbocycles. The minimum atomic E-state index is -1.11. The van der Waals surface area contributed by atoms with Crippen LogP contribution >= 0.6 is 0 Å².